The summed E-state index contributed by atoms with van der Waals surface area (Å²) in [4.78, 5) is 0. The van der Waals surface area contributed by atoms with E-state index in [0.29, 0.717) is 18.1 Å². The standard InChI is InChI=1S/C13H20N2O/c1-4-9(2)8-16-12-7-11(13(14)15)6-5-10(12)3/h5-7,9H,4,8H2,1-3H3,(H3,14,15). The van der Waals surface area contributed by atoms with E-state index in [9.17, 15) is 0 Å². The predicted octanol–water partition coefficient (Wildman–Crippen LogP) is 2.70. The van der Waals surface area contributed by atoms with Gasteiger partial charge in [0.1, 0.15) is 11.6 Å². The number of nitrogens with two attached hydrogens (primary N) is 1. The first-order valence-corrected chi connectivity index (χ1v) is 5.62. The van der Waals surface area contributed by atoms with Crippen LogP contribution in [0.1, 0.15) is 31.4 Å². The van der Waals surface area contributed by atoms with E-state index in [1.54, 1.807) is 0 Å². The summed E-state index contributed by atoms with van der Waals surface area (Å²) >= 11 is 0. The number of ether oxygens (including phenoxy) is 1. The van der Waals surface area contributed by atoms with Gasteiger partial charge in [0.25, 0.3) is 0 Å². The molecular weight excluding hydrogens is 200 g/mol. The van der Waals surface area contributed by atoms with E-state index in [4.69, 9.17) is 15.9 Å². The summed E-state index contributed by atoms with van der Waals surface area (Å²) in [6.45, 7) is 7.01. The molecule has 0 aliphatic carbocycles. The third kappa shape index (κ3) is 3.26. The first-order valence-electron chi connectivity index (χ1n) is 5.62. The van der Waals surface area contributed by atoms with E-state index < -0.39 is 0 Å². The lowest BCUT2D eigenvalue weighted by Gasteiger charge is -2.13. The minimum absolute atomic E-state index is 0.0772. The maximum Gasteiger partial charge on any atom is 0.122 e. The maximum absolute atomic E-state index is 7.38. The molecule has 88 valence electrons. The Bertz CT molecular complexity index is 374. The van der Waals surface area contributed by atoms with Gasteiger partial charge in [-0.1, -0.05) is 32.4 Å². The largest absolute Gasteiger partial charge is 0.493 e. The van der Waals surface area contributed by atoms with Gasteiger partial charge >= 0.3 is 0 Å². The lowest BCUT2D eigenvalue weighted by atomic mass is 10.1. The summed E-state index contributed by atoms with van der Waals surface area (Å²) < 4.78 is 5.73. The third-order valence-electron chi connectivity index (χ3n) is 2.72. The number of hydrogen-bond acceptors (Lipinski definition) is 2. The molecule has 3 heteroatoms. The van der Waals surface area contributed by atoms with Gasteiger partial charge in [0.05, 0.1) is 6.61 Å². The molecule has 0 saturated heterocycles. The molecule has 0 bridgehead atoms. The SMILES string of the molecule is CCC(C)COc1cc(C(=N)N)ccc1C. The lowest BCUT2D eigenvalue weighted by Crippen LogP contribution is -2.12. The van der Waals surface area contributed by atoms with Gasteiger partial charge in [-0.3, -0.25) is 5.41 Å². The Labute approximate surface area is 97.1 Å². The molecule has 3 N–H and O–H groups in total. The van der Waals surface area contributed by atoms with Crippen LogP contribution >= 0.6 is 0 Å². The Morgan fingerprint density at radius 2 is 2.19 bits per heavy atom. The summed E-state index contributed by atoms with van der Waals surface area (Å²) in [6, 6.07) is 5.61. The summed E-state index contributed by atoms with van der Waals surface area (Å²) in [7, 11) is 0. The van der Waals surface area contributed by atoms with Gasteiger partial charge in [0.2, 0.25) is 0 Å². The van der Waals surface area contributed by atoms with Gasteiger partial charge in [-0.15, -0.1) is 0 Å². The quantitative estimate of drug-likeness (QED) is 0.592. The van der Waals surface area contributed by atoms with Crippen LogP contribution in [0, 0.1) is 18.3 Å². The smallest absolute Gasteiger partial charge is 0.122 e. The molecule has 0 aliphatic heterocycles. The van der Waals surface area contributed by atoms with Crippen molar-refractivity contribution >= 4 is 5.84 Å². The molecule has 0 aromatic heterocycles. The fourth-order valence-electron chi connectivity index (χ4n) is 1.27. The number of nitrogen functional groups attached to an aromatic ring is 1. The van der Waals surface area contributed by atoms with Crippen LogP contribution in [0.2, 0.25) is 0 Å². The highest BCUT2D eigenvalue weighted by Gasteiger charge is 2.05. The van der Waals surface area contributed by atoms with Gasteiger partial charge in [-0.05, 0) is 24.5 Å². The molecule has 3 nitrogen and oxygen atoms in total. The first kappa shape index (κ1) is 12.6. The van der Waals surface area contributed by atoms with E-state index >= 15 is 0 Å². The molecule has 0 saturated carbocycles. The van der Waals surface area contributed by atoms with Crippen LogP contribution in [0.5, 0.6) is 5.75 Å². The summed E-state index contributed by atoms with van der Waals surface area (Å²) in [6.07, 6.45) is 1.10. The van der Waals surface area contributed by atoms with Crippen molar-refractivity contribution in [3.63, 3.8) is 0 Å². The number of benzene rings is 1. The highest BCUT2D eigenvalue weighted by atomic mass is 16.5. The summed E-state index contributed by atoms with van der Waals surface area (Å²) in [5.74, 6) is 1.45. The van der Waals surface area contributed by atoms with Gasteiger partial charge in [0.15, 0.2) is 0 Å². The van der Waals surface area contributed by atoms with Crippen LogP contribution in [-0.2, 0) is 0 Å². The average molecular weight is 220 g/mol. The fourth-order valence-corrected chi connectivity index (χ4v) is 1.27. The van der Waals surface area contributed by atoms with Crippen molar-refractivity contribution in [3.8, 4) is 5.75 Å². The molecular formula is C13H20N2O. The van der Waals surface area contributed by atoms with E-state index in [-0.39, 0.29) is 5.84 Å². The Balaban J connectivity index is 2.78. The molecule has 0 radical (unpaired) electrons. The van der Waals surface area contributed by atoms with Crippen molar-refractivity contribution in [1.29, 1.82) is 5.41 Å². The van der Waals surface area contributed by atoms with Crippen LogP contribution in [0.15, 0.2) is 18.2 Å². The van der Waals surface area contributed by atoms with E-state index in [1.165, 1.54) is 0 Å². The molecule has 0 heterocycles. The fraction of sp³-hybridized carbons (Fsp3) is 0.462. The third-order valence-corrected chi connectivity index (χ3v) is 2.72. The Kier molecular flexibility index (Phi) is 4.35. The molecule has 1 aromatic carbocycles. The van der Waals surface area contributed by atoms with Crippen LogP contribution in [0.25, 0.3) is 0 Å². The zero-order valence-electron chi connectivity index (χ0n) is 10.2. The van der Waals surface area contributed by atoms with Gasteiger partial charge in [-0.25, -0.2) is 0 Å². The number of rotatable bonds is 5. The summed E-state index contributed by atoms with van der Waals surface area (Å²) in [5, 5.41) is 7.38. The Morgan fingerprint density at radius 1 is 1.50 bits per heavy atom. The highest BCUT2D eigenvalue weighted by molar-refractivity contribution is 5.95. The molecule has 1 rings (SSSR count). The zero-order valence-corrected chi connectivity index (χ0v) is 10.2. The van der Waals surface area contributed by atoms with E-state index in [0.717, 1.165) is 17.7 Å². The molecule has 0 fully saturated rings. The van der Waals surface area contributed by atoms with Gasteiger partial charge < -0.3 is 10.5 Å². The van der Waals surface area contributed by atoms with Crippen molar-refractivity contribution in [2.75, 3.05) is 6.61 Å². The van der Waals surface area contributed by atoms with Crippen LogP contribution in [-0.4, -0.2) is 12.4 Å². The number of amidine groups is 1. The second-order valence-corrected chi connectivity index (χ2v) is 4.22. The topological polar surface area (TPSA) is 59.1 Å². The highest BCUT2D eigenvalue weighted by Crippen LogP contribution is 2.20. The molecule has 1 atom stereocenters. The minimum Gasteiger partial charge on any atom is -0.493 e. The van der Waals surface area contributed by atoms with E-state index in [2.05, 4.69) is 13.8 Å². The number of hydrogen-bond donors (Lipinski definition) is 2. The van der Waals surface area contributed by atoms with Crippen molar-refractivity contribution in [1.82, 2.24) is 0 Å². The van der Waals surface area contributed by atoms with Crippen molar-refractivity contribution in [2.24, 2.45) is 11.7 Å². The first-order chi connectivity index (χ1) is 7.54. The van der Waals surface area contributed by atoms with Crippen LogP contribution < -0.4 is 10.5 Å². The molecule has 1 unspecified atom stereocenters. The number of nitrogens with one attached hydrogen (secondary N) is 1. The van der Waals surface area contributed by atoms with Crippen LogP contribution in [0.3, 0.4) is 0 Å². The minimum atomic E-state index is 0.0772. The van der Waals surface area contributed by atoms with E-state index in [1.807, 2.05) is 25.1 Å². The summed E-state index contributed by atoms with van der Waals surface area (Å²) in [5.41, 5.74) is 7.23. The Hall–Kier alpha value is -1.51. The predicted molar refractivity (Wildman–Crippen MR) is 67.1 cm³/mol. The Morgan fingerprint density at radius 3 is 2.75 bits per heavy atom. The average Bonchev–Trinajstić information content (AvgIpc) is 2.27. The van der Waals surface area contributed by atoms with Crippen LogP contribution in [0.4, 0.5) is 0 Å². The second-order valence-electron chi connectivity index (χ2n) is 4.22. The zero-order chi connectivity index (χ0) is 12.1. The maximum atomic E-state index is 7.38. The molecule has 16 heavy (non-hydrogen) atoms. The van der Waals surface area contributed by atoms with Crippen molar-refractivity contribution < 1.29 is 4.74 Å². The number of aryl methyl sites for hydroxylation is 1. The van der Waals surface area contributed by atoms with Gasteiger partial charge in [0, 0.05) is 5.56 Å². The molecule has 0 amide bonds. The van der Waals surface area contributed by atoms with Crippen molar-refractivity contribution in [3.05, 3.63) is 29.3 Å². The lowest BCUT2D eigenvalue weighted by molar-refractivity contribution is 0.255. The molecule has 1 aromatic rings. The molecule has 0 spiro atoms. The monoisotopic (exact) mass is 220 g/mol. The normalized spacial score (nSPS) is 12.2. The van der Waals surface area contributed by atoms with Crippen molar-refractivity contribution in [2.45, 2.75) is 27.2 Å². The second kappa shape index (κ2) is 5.54. The molecule has 0 aliphatic rings. The van der Waals surface area contributed by atoms with Gasteiger partial charge in [-0.2, -0.15) is 0 Å².